The molecule has 2 unspecified atom stereocenters. The first-order chi connectivity index (χ1) is 13.1. The lowest BCUT2D eigenvalue weighted by molar-refractivity contribution is -0.125. The molecule has 2 atom stereocenters. The molecule has 7 nitrogen and oxygen atoms in total. The first-order valence-electron chi connectivity index (χ1n) is 9.69. The van der Waals surface area contributed by atoms with Crippen molar-refractivity contribution in [3.8, 4) is 0 Å². The van der Waals surface area contributed by atoms with Gasteiger partial charge in [0.15, 0.2) is 0 Å². The number of likely N-dealkylation sites (tertiary alicyclic amines) is 1. The third-order valence-corrected chi connectivity index (χ3v) is 5.55. The molecule has 144 valence electrons. The molecule has 4 rings (SSSR count). The number of nitrogens with zero attached hydrogens (tertiary/aromatic N) is 2. The molecule has 27 heavy (non-hydrogen) atoms. The number of hydrazine groups is 1. The van der Waals surface area contributed by atoms with Crippen molar-refractivity contribution >= 4 is 11.8 Å². The Balaban J connectivity index is 1.25. The van der Waals surface area contributed by atoms with Gasteiger partial charge in [0, 0.05) is 44.0 Å². The zero-order chi connectivity index (χ0) is 18.8. The zero-order valence-electron chi connectivity index (χ0n) is 15.6. The molecule has 0 saturated carbocycles. The van der Waals surface area contributed by atoms with Crippen LogP contribution in [0.4, 0.5) is 0 Å². The lowest BCUT2D eigenvalue weighted by Crippen LogP contribution is -2.51. The molecule has 0 aliphatic carbocycles. The maximum absolute atomic E-state index is 12.7. The average molecular weight is 369 g/mol. The van der Waals surface area contributed by atoms with Crippen LogP contribution in [0.3, 0.4) is 0 Å². The van der Waals surface area contributed by atoms with Gasteiger partial charge in [-0.05, 0) is 25.3 Å². The average Bonchev–Trinajstić information content (AvgIpc) is 3.09. The van der Waals surface area contributed by atoms with E-state index in [1.165, 1.54) is 5.56 Å². The van der Waals surface area contributed by atoms with Crippen LogP contribution < -0.4 is 16.1 Å². The molecule has 3 heterocycles. The molecule has 3 aliphatic heterocycles. The van der Waals surface area contributed by atoms with Crippen LogP contribution in [0.15, 0.2) is 42.2 Å². The minimum absolute atomic E-state index is 0.00948. The SMILES string of the molecule is CC1=CN2NC(C(=O)NC3CCN(Cc4ccccc4)CC3)CC2C(=O)N1. The fraction of sp³-hybridized carbons (Fsp3) is 0.500. The molecule has 7 heteroatoms. The van der Waals surface area contributed by atoms with E-state index in [1.54, 1.807) is 5.01 Å². The number of carbonyl (C=O) groups excluding carboxylic acids is 2. The van der Waals surface area contributed by atoms with Gasteiger partial charge >= 0.3 is 0 Å². The van der Waals surface area contributed by atoms with E-state index in [0.29, 0.717) is 6.42 Å². The minimum Gasteiger partial charge on any atom is -0.352 e. The van der Waals surface area contributed by atoms with Gasteiger partial charge in [-0.3, -0.25) is 14.5 Å². The number of hydrogen-bond acceptors (Lipinski definition) is 5. The Labute approximate surface area is 159 Å². The topological polar surface area (TPSA) is 76.7 Å². The van der Waals surface area contributed by atoms with Gasteiger partial charge in [-0.1, -0.05) is 30.3 Å². The molecule has 0 radical (unpaired) electrons. The predicted octanol–water partition coefficient (Wildman–Crippen LogP) is 0.706. The highest BCUT2D eigenvalue weighted by Gasteiger charge is 2.41. The highest BCUT2D eigenvalue weighted by molar-refractivity contribution is 5.88. The summed E-state index contributed by atoms with van der Waals surface area (Å²) in [4.78, 5) is 27.1. The van der Waals surface area contributed by atoms with Gasteiger partial charge in [-0.15, -0.1) is 0 Å². The van der Waals surface area contributed by atoms with E-state index in [0.717, 1.165) is 38.2 Å². The van der Waals surface area contributed by atoms with Crippen molar-refractivity contribution in [1.29, 1.82) is 0 Å². The summed E-state index contributed by atoms with van der Waals surface area (Å²) in [5.74, 6) is -0.0585. The van der Waals surface area contributed by atoms with E-state index in [1.807, 2.05) is 19.2 Å². The molecule has 1 aromatic rings. The number of benzene rings is 1. The van der Waals surface area contributed by atoms with Crippen molar-refractivity contribution in [1.82, 2.24) is 26.0 Å². The van der Waals surface area contributed by atoms with Gasteiger partial charge < -0.3 is 15.6 Å². The summed E-state index contributed by atoms with van der Waals surface area (Å²) >= 11 is 0. The highest BCUT2D eigenvalue weighted by atomic mass is 16.2. The van der Waals surface area contributed by atoms with Crippen molar-refractivity contribution in [3.63, 3.8) is 0 Å². The molecule has 0 bridgehead atoms. The van der Waals surface area contributed by atoms with Gasteiger partial charge in [0.1, 0.15) is 12.1 Å². The second-order valence-electron chi connectivity index (χ2n) is 7.69. The maximum Gasteiger partial charge on any atom is 0.248 e. The lowest BCUT2D eigenvalue weighted by Gasteiger charge is -2.33. The van der Waals surface area contributed by atoms with Gasteiger partial charge in [0.2, 0.25) is 11.8 Å². The largest absolute Gasteiger partial charge is 0.352 e. The Morgan fingerprint density at radius 3 is 2.70 bits per heavy atom. The number of hydrogen-bond donors (Lipinski definition) is 3. The van der Waals surface area contributed by atoms with Crippen LogP contribution in [0, 0.1) is 0 Å². The van der Waals surface area contributed by atoms with Gasteiger partial charge in [0.05, 0.1) is 0 Å². The van der Waals surface area contributed by atoms with Crippen molar-refractivity contribution in [2.24, 2.45) is 0 Å². The van der Waals surface area contributed by atoms with Crippen LogP contribution in [0.2, 0.25) is 0 Å². The van der Waals surface area contributed by atoms with Gasteiger partial charge in [0.25, 0.3) is 0 Å². The fourth-order valence-electron chi connectivity index (χ4n) is 4.08. The van der Waals surface area contributed by atoms with Crippen molar-refractivity contribution < 1.29 is 9.59 Å². The predicted molar refractivity (Wildman–Crippen MR) is 102 cm³/mol. The summed E-state index contributed by atoms with van der Waals surface area (Å²) in [6, 6.07) is 10.0. The van der Waals surface area contributed by atoms with E-state index >= 15 is 0 Å². The Bertz CT molecular complexity index is 727. The second-order valence-corrected chi connectivity index (χ2v) is 7.69. The number of carbonyl (C=O) groups is 2. The van der Waals surface area contributed by atoms with Crippen LogP contribution in [0.5, 0.6) is 0 Å². The number of rotatable bonds is 4. The smallest absolute Gasteiger partial charge is 0.248 e. The van der Waals surface area contributed by atoms with Crippen LogP contribution in [0.1, 0.15) is 31.7 Å². The van der Waals surface area contributed by atoms with Crippen LogP contribution in [0.25, 0.3) is 0 Å². The number of nitrogens with one attached hydrogen (secondary N) is 3. The summed E-state index contributed by atoms with van der Waals surface area (Å²) in [5, 5.41) is 7.76. The van der Waals surface area contributed by atoms with E-state index in [-0.39, 0.29) is 29.9 Å². The molecule has 2 saturated heterocycles. The van der Waals surface area contributed by atoms with Crippen LogP contribution in [-0.4, -0.2) is 52.9 Å². The molecule has 0 spiro atoms. The Hall–Kier alpha value is -2.38. The van der Waals surface area contributed by atoms with Crippen molar-refractivity contribution in [2.45, 2.75) is 50.9 Å². The van der Waals surface area contributed by atoms with Crippen LogP contribution in [-0.2, 0) is 16.1 Å². The zero-order valence-corrected chi connectivity index (χ0v) is 15.6. The maximum atomic E-state index is 12.7. The normalized spacial score (nSPS) is 26.3. The van der Waals surface area contributed by atoms with Crippen molar-refractivity contribution in [3.05, 3.63) is 47.8 Å². The number of amides is 2. The minimum atomic E-state index is -0.356. The standard InChI is InChI=1S/C20H27N5O2/c1-14-12-25-18(20(27)21-14)11-17(23-25)19(26)22-16-7-9-24(10-8-16)13-15-5-3-2-4-6-15/h2-6,12,16-18,23H,7-11,13H2,1H3,(H,21,27)(H,22,26). The van der Waals surface area contributed by atoms with E-state index in [4.69, 9.17) is 0 Å². The van der Waals surface area contributed by atoms with Gasteiger partial charge in [-0.25, -0.2) is 5.43 Å². The quantitative estimate of drug-likeness (QED) is 0.729. The first kappa shape index (κ1) is 18.0. The summed E-state index contributed by atoms with van der Waals surface area (Å²) in [6.45, 7) is 4.77. The monoisotopic (exact) mass is 369 g/mol. The molecule has 0 aromatic heterocycles. The second kappa shape index (κ2) is 7.70. The Morgan fingerprint density at radius 2 is 1.96 bits per heavy atom. The summed E-state index contributed by atoms with van der Waals surface area (Å²) in [5.41, 5.74) is 5.27. The van der Waals surface area contributed by atoms with Crippen LogP contribution >= 0.6 is 0 Å². The first-order valence-corrected chi connectivity index (χ1v) is 9.69. The third kappa shape index (κ3) is 4.14. The summed E-state index contributed by atoms with van der Waals surface area (Å²) in [6.07, 6.45) is 4.26. The molecule has 3 aliphatic rings. The highest BCUT2D eigenvalue weighted by Crippen LogP contribution is 2.21. The van der Waals surface area contributed by atoms with E-state index in [9.17, 15) is 9.59 Å². The van der Waals surface area contributed by atoms with E-state index in [2.05, 4.69) is 45.2 Å². The van der Waals surface area contributed by atoms with E-state index < -0.39 is 0 Å². The molecule has 2 amide bonds. The third-order valence-electron chi connectivity index (χ3n) is 5.55. The van der Waals surface area contributed by atoms with Crippen molar-refractivity contribution in [2.75, 3.05) is 13.1 Å². The molecule has 2 fully saturated rings. The molecular formula is C20H27N5O2. The molecule has 1 aromatic carbocycles. The number of piperidine rings is 1. The lowest BCUT2D eigenvalue weighted by atomic mass is 10.0. The summed E-state index contributed by atoms with van der Waals surface area (Å²) in [7, 11) is 0. The summed E-state index contributed by atoms with van der Waals surface area (Å²) < 4.78 is 0. The molecular weight excluding hydrogens is 342 g/mol. The Kier molecular flexibility index (Phi) is 5.13. The molecule has 3 N–H and O–H groups in total. The number of allylic oxidation sites excluding steroid dienone is 1. The number of fused-ring (bicyclic) bond motifs is 1. The van der Waals surface area contributed by atoms with Gasteiger partial charge in [-0.2, -0.15) is 0 Å². The Morgan fingerprint density at radius 1 is 1.22 bits per heavy atom. The fourth-order valence-corrected chi connectivity index (χ4v) is 4.08.